The third kappa shape index (κ3) is 2.91. The second-order valence-corrected chi connectivity index (χ2v) is 6.20. The number of ether oxygens (including phenoxy) is 3. The largest absolute Gasteiger partial charge is 0.493 e. The molecule has 3 heterocycles. The maximum atomic E-state index is 5.69. The first-order valence-electron chi connectivity index (χ1n) is 8.33. The van der Waals surface area contributed by atoms with E-state index in [2.05, 4.69) is 15.4 Å². The van der Waals surface area contributed by atoms with Gasteiger partial charge in [0.25, 0.3) is 0 Å². The van der Waals surface area contributed by atoms with Crippen molar-refractivity contribution in [1.29, 1.82) is 0 Å². The van der Waals surface area contributed by atoms with Crippen LogP contribution in [-0.2, 0) is 19.5 Å². The molecule has 0 spiro atoms. The lowest BCUT2D eigenvalue weighted by Gasteiger charge is -2.25. The highest BCUT2D eigenvalue weighted by Gasteiger charge is 2.22. The van der Waals surface area contributed by atoms with E-state index in [1.54, 1.807) is 7.11 Å². The Morgan fingerprint density at radius 2 is 2.21 bits per heavy atom. The Bertz CT molecular complexity index is 726. The normalized spacial score (nSPS) is 19.0. The van der Waals surface area contributed by atoms with Crippen molar-refractivity contribution in [2.24, 2.45) is 0 Å². The number of methoxy groups -OCH3 is 1. The van der Waals surface area contributed by atoms with Gasteiger partial charge in [-0.3, -0.25) is 0 Å². The molecule has 0 bridgehead atoms. The van der Waals surface area contributed by atoms with Crippen molar-refractivity contribution in [2.45, 2.75) is 38.9 Å². The first kappa shape index (κ1) is 15.3. The Labute approximate surface area is 140 Å². The molecular weight excluding hydrogens is 308 g/mol. The van der Waals surface area contributed by atoms with Gasteiger partial charge in [0.05, 0.1) is 13.7 Å². The smallest absolute Gasteiger partial charge is 0.203 e. The van der Waals surface area contributed by atoms with Crippen LogP contribution in [0, 0.1) is 6.92 Å². The van der Waals surface area contributed by atoms with Crippen LogP contribution in [0.5, 0.6) is 17.2 Å². The fourth-order valence-corrected chi connectivity index (χ4v) is 3.29. The summed E-state index contributed by atoms with van der Waals surface area (Å²) in [6.45, 7) is 4.68. The summed E-state index contributed by atoms with van der Waals surface area (Å²) >= 11 is 0. The van der Waals surface area contributed by atoms with Crippen LogP contribution in [-0.4, -0.2) is 41.1 Å². The van der Waals surface area contributed by atoms with Gasteiger partial charge in [0.2, 0.25) is 5.75 Å². The van der Waals surface area contributed by atoms with Crippen LogP contribution in [0.25, 0.3) is 0 Å². The maximum absolute atomic E-state index is 5.69. The summed E-state index contributed by atoms with van der Waals surface area (Å²) in [5.41, 5.74) is 1.12. The average molecular weight is 330 g/mol. The minimum Gasteiger partial charge on any atom is -0.493 e. The molecule has 0 fully saturated rings. The Kier molecular flexibility index (Phi) is 4.02. The van der Waals surface area contributed by atoms with Crippen molar-refractivity contribution in [3.8, 4) is 17.2 Å². The van der Waals surface area contributed by atoms with Crippen LogP contribution in [0.15, 0.2) is 12.1 Å². The lowest BCUT2D eigenvalue weighted by molar-refractivity contribution is 0.165. The van der Waals surface area contributed by atoms with E-state index in [-0.39, 0.29) is 0 Å². The number of hydrogen-bond acceptors (Lipinski definition) is 6. The van der Waals surface area contributed by atoms with Crippen molar-refractivity contribution in [3.63, 3.8) is 0 Å². The van der Waals surface area contributed by atoms with Gasteiger partial charge in [0.1, 0.15) is 24.9 Å². The summed E-state index contributed by atoms with van der Waals surface area (Å²) in [5, 5.41) is 8.06. The Morgan fingerprint density at radius 3 is 3.08 bits per heavy atom. The van der Waals surface area contributed by atoms with Crippen molar-refractivity contribution in [2.75, 3.05) is 20.3 Å². The van der Waals surface area contributed by atoms with E-state index in [0.717, 1.165) is 54.6 Å². The molecule has 1 unspecified atom stereocenters. The molecule has 1 aromatic carbocycles. The SMILES string of the molecule is COc1cc(CNC2CCc3nc(C)nn3C2)cc2c1OCCO2. The van der Waals surface area contributed by atoms with E-state index in [0.29, 0.717) is 25.0 Å². The molecule has 1 atom stereocenters. The van der Waals surface area contributed by atoms with Crippen LogP contribution in [0.4, 0.5) is 0 Å². The van der Waals surface area contributed by atoms with Crippen LogP contribution in [0.3, 0.4) is 0 Å². The standard InChI is InChI=1S/C17H22N4O3/c1-11-19-16-4-3-13(10-21(16)20-11)18-9-12-7-14(22-2)17-15(8-12)23-5-6-24-17/h7-8,13,18H,3-6,9-10H2,1-2H3. The molecule has 7 heteroatoms. The van der Waals surface area contributed by atoms with Gasteiger partial charge in [-0.2, -0.15) is 5.10 Å². The number of benzene rings is 1. The van der Waals surface area contributed by atoms with Gasteiger partial charge in [0, 0.05) is 19.0 Å². The van der Waals surface area contributed by atoms with Gasteiger partial charge in [0.15, 0.2) is 11.5 Å². The van der Waals surface area contributed by atoms with Gasteiger partial charge in [-0.05, 0) is 31.0 Å². The number of hydrogen-bond donors (Lipinski definition) is 1. The molecule has 2 aliphatic rings. The molecule has 128 valence electrons. The highest BCUT2D eigenvalue weighted by atomic mass is 16.6. The summed E-state index contributed by atoms with van der Waals surface area (Å²) in [7, 11) is 1.65. The van der Waals surface area contributed by atoms with Gasteiger partial charge in [-0.15, -0.1) is 0 Å². The minimum absolute atomic E-state index is 0.387. The zero-order valence-electron chi connectivity index (χ0n) is 14.0. The molecule has 1 aromatic heterocycles. The molecule has 4 rings (SSSR count). The minimum atomic E-state index is 0.387. The lowest BCUT2D eigenvalue weighted by atomic mass is 10.1. The highest BCUT2D eigenvalue weighted by Crippen LogP contribution is 2.40. The average Bonchev–Trinajstić information content (AvgIpc) is 2.98. The number of aromatic nitrogens is 3. The summed E-state index contributed by atoms with van der Waals surface area (Å²) in [6.07, 6.45) is 2.03. The third-order valence-corrected chi connectivity index (χ3v) is 4.45. The van der Waals surface area contributed by atoms with Crippen molar-refractivity contribution in [3.05, 3.63) is 29.3 Å². The van der Waals surface area contributed by atoms with Gasteiger partial charge < -0.3 is 19.5 Å². The Hall–Kier alpha value is -2.28. The molecule has 24 heavy (non-hydrogen) atoms. The zero-order valence-corrected chi connectivity index (χ0v) is 14.0. The summed E-state index contributed by atoms with van der Waals surface area (Å²) in [4.78, 5) is 4.45. The Morgan fingerprint density at radius 1 is 1.33 bits per heavy atom. The fraction of sp³-hybridized carbons (Fsp3) is 0.529. The van der Waals surface area contributed by atoms with E-state index in [4.69, 9.17) is 14.2 Å². The van der Waals surface area contributed by atoms with E-state index in [1.165, 1.54) is 0 Å². The molecule has 0 saturated heterocycles. The predicted molar refractivity (Wildman–Crippen MR) is 87.7 cm³/mol. The summed E-state index contributed by atoms with van der Waals surface area (Å²) in [6, 6.07) is 4.42. The third-order valence-electron chi connectivity index (χ3n) is 4.45. The second kappa shape index (κ2) is 6.32. The zero-order chi connectivity index (χ0) is 16.5. The van der Waals surface area contributed by atoms with Crippen LogP contribution in [0.1, 0.15) is 23.6 Å². The second-order valence-electron chi connectivity index (χ2n) is 6.20. The fourth-order valence-electron chi connectivity index (χ4n) is 3.29. The van der Waals surface area contributed by atoms with Gasteiger partial charge in [-0.25, -0.2) is 9.67 Å². The van der Waals surface area contributed by atoms with Crippen LogP contribution >= 0.6 is 0 Å². The molecule has 7 nitrogen and oxygen atoms in total. The van der Waals surface area contributed by atoms with E-state index in [1.807, 2.05) is 23.7 Å². The molecule has 0 amide bonds. The van der Waals surface area contributed by atoms with E-state index < -0.39 is 0 Å². The predicted octanol–water partition coefficient (Wildman–Crippen LogP) is 1.47. The number of aryl methyl sites for hydroxylation is 2. The maximum Gasteiger partial charge on any atom is 0.203 e. The highest BCUT2D eigenvalue weighted by molar-refractivity contribution is 5.54. The molecule has 0 saturated carbocycles. The van der Waals surface area contributed by atoms with E-state index in [9.17, 15) is 0 Å². The van der Waals surface area contributed by atoms with Crippen molar-refractivity contribution < 1.29 is 14.2 Å². The first-order valence-corrected chi connectivity index (χ1v) is 8.33. The molecule has 2 aliphatic heterocycles. The summed E-state index contributed by atoms with van der Waals surface area (Å²) < 4.78 is 18.8. The Balaban J connectivity index is 1.44. The molecule has 0 radical (unpaired) electrons. The summed E-state index contributed by atoms with van der Waals surface area (Å²) in [5.74, 6) is 4.12. The van der Waals surface area contributed by atoms with Gasteiger partial charge in [-0.1, -0.05) is 0 Å². The first-order chi connectivity index (χ1) is 11.7. The van der Waals surface area contributed by atoms with Gasteiger partial charge >= 0.3 is 0 Å². The molecule has 1 N–H and O–H groups in total. The number of fused-ring (bicyclic) bond motifs is 2. The quantitative estimate of drug-likeness (QED) is 0.915. The number of nitrogens with one attached hydrogen (secondary N) is 1. The van der Waals surface area contributed by atoms with E-state index >= 15 is 0 Å². The molecule has 0 aliphatic carbocycles. The number of nitrogens with zero attached hydrogens (tertiary/aromatic N) is 3. The lowest BCUT2D eigenvalue weighted by Crippen LogP contribution is -2.37. The van der Waals surface area contributed by atoms with Crippen molar-refractivity contribution >= 4 is 0 Å². The molecular formula is C17H22N4O3. The number of rotatable bonds is 4. The van der Waals surface area contributed by atoms with Crippen LogP contribution in [0.2, 0.25) is 0 Å². The van der Waals surface area contributed by atoms with Crippen molar-refractivity contribution in [1.82, 2.24) is 20.1 Å². The molecule has 2 aromatic rings. The van der Waals surface area contributed by atoms with Crippen LogP contribution < -0.4 is 19.5 Å². The topological polar surface area (TPSA) is 70.4 Å². The monoisotopic (exact) mass is 330 g/mol.